The van der Waals surface area contributed by atoms with E-state index in [2.05, 4.69) is 70.9 Å². The van der Waals surface area contributed by atoms with Gasteiger partial charge in [-0.1, -0.05) is 121 Å². The van der Waals surface area contributed by atoms with Gasteiger partial charge in [0.25, 0.3) is 0 Å². The number of nitrogens with zero attached hydrogens (tertiary/aromatic N) is 1. The second-order valence-corrected chi connectivity index (χ2v) is 10.8. The molecular weight excluding hydrogens is 524 g/mol. The molecule has 1 aliphatic rings. The first kappa shape index (κ1) is 29.7. The SMILES string of the molecule is CC(=O)N[C@H]1CN(Cc2ccccc2)[C@H](COCc2ccccc2)[C@H](OCc2ccccc2)[C@@H]1OCc1ccccc1. The maximum atomic E-state index is 12.4. The van der Waals surface area contributed by atoms with Gasteiger partial charge in [-0.3, -0.25) is 9.69 Å². The fraction of sp³-hybridized carbons (Fsp3) is 0.306. The molecule has 6 heteroatoms. The summed E-state index contributed by atoms with van der Waals surface area (Å²) in [6, 6.07) is 40.5. The summed E-state index contributed by atoms with van der Waals surface area (Å²) in [4.78, 5) is 14.8. The Bertz CT molecular complexity index is 1340. The van der Waals surface area contributed by atoms with Gasteiger partial charge in [0.05, 0.1) is 38.5 Å². The number of benzene rings is 4. The lowest BCUT2D eigenvalue weighted by atomic mass is 9.91. The first-order valence-electron chi connectivity index (χ1n) is 14.6. The minimum absolute atomic E-state index is 0.0893. The predicted molar refractivity (Wildman–Crippen MR) is 164 cm³/mol. The largest absolute Gasteiger partial charge is 0.375 e. The third kappa shape index (κ3) is 8.60. The summed E-state index contributed by atoms with van der Waals surface area (Å²) in [6.07, 6.45) is -0.742. The predicted octanol–water partition coefficient (Wildman–Crippen LogP) is 5.76. The molecule has 1 heterocycles. The Morgan fingerprint density at radius 1 is 0.667 bits per heavy atom. The minimum atomic E-state index is -0.379. The lowest BCUT2D eigenvalue weighted by Crippen LogP contribution is -2.67. The van der Waals surface area contributed by atoms with Gasteiger partial charge in [0.15, 0.2) is 0 Å². The van der Waals surface area contributed by atoms with E-state index in [9.17, 15) is 4.79 Å². The van der Waals surface area contributed by atoms with E-state index in [0.29, 0.717) is 39.5 Å². The number of hydrogen-bond donors (Lipinski definition) is 1. The van der Waals surface area contributed by atoms with Crippen LogP contribution in [0.5, 0.6) is 0 Å². The van der Waals surface area contributed by atoms with Crippen molar-refractivity contribution in [1.82, 2.24) is 10.2 Å². The van der Waals surface area contributed by atoms with Gasteiger partial charge in [0.2, 0.25) is 5.91 Å². The Morgan fingerprint density at radius 2 is 1.12 bits per heavy atom. The van der Waals surface area contributed by atoms with Gasteiger partial charge < -0.3 is 19.5 Å². The van der Waals surface area contributed by atoms with Crippen molar-refractivity contribution >= 4 is 5.91 Å². The van der Waals surface area contributed by atoms with Crippen molar-refractivity contribution in [2.24, 2.45) is 0 Å². The maximum absolute atomic E-state index is 12.4. The van der Waals surface area contributed by atoms with E-state index in [4.69, 9.17) is 14.2 Å². The third-order valence-corrected chi connectivity index (χ3v) is 7.59. The molecule has 6 nitrogen and oxygen atoms in total. The van der Waals surface area contributed by atoms with Crippen LogP contribution in [0, 0.1) is 0 Å². The topological polar surface area (TPSA) is 60.0 Å². The maximum Gasteiger partial charge on any atom is 0.217 e. The van der Waals surface area contributed by atoms with Crippen LogP contribution in [0.2, 0.25) is 0 Å². The molecule has 0 unspecified atom stereocenters. The molecule has 1 amide bonds. The first-order valence-corrected chi connectivity index (χ1v) is 14.6. The van der Waals surface area contributed by atoms with E-state index < -0.39 is 0 Å². The Hall–Kier alpha value is -3.81. The molecule has 1 aliphatic heterocycles. The van der Waals surface area contributed by atoms with Crippen molar-refractivity contribution in [2.75, 3.05) is 13.2 Å². The molecule has 0 radical (unpaired) electrons. The van der Waals surface area contributed by atoms with E-state index in [1.165, 1.54) is 5.56 Å². The van der Waals surface area contributed by atoms with Gasteiger partial charge in [0.1, 0.15) is 12.2 Å². The van der Waals surface area contributed by atoms with Crippen molar-refractivity contribution in [1.29, 1.82) is 0 Å². The summed E-state index contributed by atoms with van der Waals surface area (Å²) in [5.41, 5.74) is 4.47. The molecule has 42 heavy (non-hydrogen) atoms. The molecule has 5 rings (SSSR count). The van der Waals surface area contributed by atoms with Crippen molar-refractivity contribution in [3.63, 3.8) is 0 Å². The van der Waals surface area contributed by atoms with E-state index in [-0.39, 0.29) is 30.2 Å². The van der Waals surface area contributed by atoms with Gasteiger partial charge in [-0.05, 0) is 22.3 Å². The average molecular weight is 565 g/mol. The van der Waals surface area contributed by atoms with Crippen LogP contribution in [0.4, 0.5) is 0 Å². The van der Waals surface area contributed by atoms with Crippen molar-refractivity contribution in [2.45, 2.75) is 57.6 Å². The van der Waals surface area contributed by atoms with Crippen molar-refractivity contribution in [3.8, 4) is 0 Å². The molecule has 0 aromatic heterocycles. The molecule has 0 aliphatic carbocycles. The highest BCUT2D eigenvalue weighted by Gasteiger charge is 2.45. The highest BCUT2D eigenvalue weighted by Crippen LogP contribution is 2.28. The van der Waals surface area contributed by atoms with Crippen LogP contribution in [0.3, 0.4) is 0 Å². The van der Waals surface area contributed by atoms with Crippen molar-refractivity contribution < 1.29 is 19.0 Å². The van der Waals surface area contributed by atoms with Crippen molar-refractivity contribution in [3.05, 3.63) is 144 Å². The number of piperidine rings is 1. The van der Waals surface area contributed by atoms with E-state index in [1.807, 2.05) is 60.7 Å². The molecular formula is C36H40N2O4. The fourth-order valence-electron chi connectivity index (χ4n) is 5.56. The van der Waals surface area contributed by atoms with Crippen LogP contribution in [0.15, 0.2) is 121 Å². The quantitative estimate of drug-likeness (QED) is 0.224. The van der Waals surface area contributed by atoms with Crippen LogP contribution in [0.1, 0.15) is 29.2 Å². The van der Waals surface area contributed by atoms with E-state index in [0.717, 1.165) is 16.7 Å². The van der Waals surface area contributed by atoms with E-state index >= 15 is 0 Å². The molecule has 0 bridgehead atoms. The average Bonchev–Trinajstić information content (AvgIpc) is 3.02. The summed E-state index contributed by atoms with van der Waals surface area (Å²) in [5.74, 6) is -0.0893. The number of ether oxygens (including phenoxy) is 3. The van der Waals surface area contributed by atoms with Gasteiger partial charge >= 0.3 is 0 Å². The first-order chi connectivity index (χ1) is 20.7. The fourth-order valence-corrected chi connectivity index (χ4v) is 5.56. The molecule has 1 saturated heterocycles. The minimum Gasteiger partial charge on any atom is -0.375 e. The van der Waals surface area contributed by atoms with Gasteiger partial charge in [-0.2, -0.15) is 0 Å². The number of carbonyl (C=O) groups is 1. The zero-order chi connectivity index (χ0) is 29.0. The molecule has 1 N–H and O–H groups in total. The molecule has 1 fully saturated rings. The van der Waals surface area contributed by atoms with Crippen LogP contribution >= 0.6 is 0 Å². The number of carbonyl (C=O) groups excluding carboxylic acids is 1. The zero-order valence-corrected chi connectivity index (χ0v) is 24.2. The normalized spacial score (nSPS) is 20.7. The van der Waals surface area contributed by atoms with Gasteiger partial charge in [-0.15, -0.1) is 0 Å². The molecule has 0 saturated carbocycles. The number of nitrogens with one attached hydrogen (secondary N) is 1. The molecule has 218 valence electrons. The Morgan fingerprint density at radius 3 is 1.62 bits per heavy atom. The Kier molecular flexibility index (Phi) is 10.9. The van der Waals surface area contributed by atoms with Crippen LogP contribution in [0.25, 0.3) is 0 Å². The standard InChI is InChI=1S/C36H40N2O4/c1-28(39)37-33-23-38(22-29-14-6-2-7-15-29)34(27-40-24-30-16-8-3-9-17-30)36(42-26-32-20-12-5-13-21-32)35(33)41-25-31-18-10-4-11-19-31/h2-21,33-36H,22-27H2,1H3,(H,37,39)/t33-,34+,35+,36-/m0/s1. The number of amides is 1. The van der Waals surface area contributed by atoms with Crippen LogP contribution in [-0.4, -0.2) is 48.3 Å². The molecule has 4 aromatic rings. The summed E-state index contributed by atoms with van der Waals surface area (Å²) in [6.45, 7) is 4.68. The van der Waals surface area contributed by atoms with Gasteiger partial charge in [0, 0.05) is 20.0 Å². The monoisotopic (exact) mass is 564 g/mol. The second-order valence-electron chi connectivity index (χ2n) is 10.8. The highest BCUT2D eigenvalue weighted by molar-refractivity contribution is 5.73. The Balaban J connectivity index is 1.45. The Labute approximate surface area is 249 Å². The molecule has 0 spiro atoms. The van der Waals surface area contributed by atoms with Crippen LogP contribution < -0.4 is 5.32 Å². The number of hydrogen-bond acceptors (Lipinski definition) is 5. The summed E-state index contributed by atoms with van der Waals surface area (Å²) in [5, 5.41) is 3.19. The summed E-state index contributed by atoms with van der Waals surface area (Å²) >= 11 is 0. The lowest BCUT2D eigenvalue weighted by Gasteiger charge is -2.48. The van der Waals surface area contributed by atoms with E-state index in [1.54, 1.807) is 6.92 Å². The van der Waals surface area contributed by atoms with Gasteiger partial charge in [-0.25, -0.2) is 0 Å². The third-order valence-electron chi connectivity index (χ3n) is 7.59. The zero-order valence-electron chi connectivity index (χ0n) is 24.2. The summed E-state index contributed by atoms with van der Waals surface area (Å²) in [7, 11) is 0. The number of rotatable bonds is 13. The van der Waals surface area contributed by atoms with Crippen LogP contribution in [-0.2, 0) is 45.4 Å². The smallest absolute Gasteiger partial charge is 0.217 e. The highest BCUT2D eigenvalue weighted by atomic mass is 16.5. The second kappa shape index (κ2) is 15.4. The molecule has 4 aromatic carbocycles. The number of likely N-dealkylation sites (tertiary alicyclic amines) is 1. The molecule has 4 atom stereocenters. The lowest BCUT2D eigenvalue weighted by molar-refractivity contribution is -0.172. The summed E-state index contributed by atoms with van der Waals surface area (Å²) < 4.78 is 19.8.